The van der Waals surface area contributed by atoms with Crippen molar-refractivity contribution in [3.63, 3.8) is 0 Å². The van der Waals surface area contributed by atoms with Crippen molar-refractivity contribution in [2.24, 2.45) is 5.11 Å². The number of piperidine rings is 1. The third-order valence-electron chi connectivity index (χ3n) is 5.94. The lowest BCUT2D eigenvalue weighted by atomic mass is 10.0. The SMILES string of the molecule is CCNc1nc(N[C@@H]2CCN(C(=O)CO)CC2(F)F)nn2ccc(-c3ccc(N=N)c(NCC(F)F)n3)c12. The van der Waals surface area contributed by atoms with Crippen LogP contribution in [0, 0.1) is 5.53 Å². The van der Waals surface area contributed by atoms with Gasteiger partial charge < -0.3 is 26.0 Å². The summed E-state index contributed by atoms with van der Waals surface area (Å²) in [5.41, 5.74) is 8.72. The van der Waals surface area contributed by atoms with E-state index in [1.165, 1.54) is 10.6 Å². The zero-order chi connectivity index (χ0) is 27.4. The maximum atomic E-state index is 14.8. The number of alkyl halides is 4. The fourth-order valence-electron chi connectivity index (χ4n) is 4.17. The summed E-state index contributed by atoms with van der Waals surface area (Å²) in [6.07, 6.45) is -1.14. The highest BCUT2D eigenvalue weighted by Gasteiger charge is 2.46. The summed E-state index contributed by atoms with van der Waals surface area (Å²) in [6, 6.07) is 3.35. The number of aromatic nitrogens is 4. The first kappa shape index (κ1) is 27.0. The third kappa shape index (κ3) is 5.58. The third-order valence-corrected chi connectivity index (χ3v) is 5.94. The maximum absolute atomic E-state index is 14.8. The Morgan fingerprint density at radius 3 is 2.71 bits per heavy atom. The van der Waals surface area contributed by atoms with E-state index in [1.54, 1.807) is 18.3 Å². The zero-order valence-corrected chi connectivity index (χ0v) is 20.3. The van der Waals surface area contributed by atoms with E-state index >= 15 is 0 Å². The summed E-state index contributed by atoms with van der Waals surface area (Å²) in [7, 11) is 0. The van der Waals surface area contributed by atoms with Crippen LogP contribution in [0.15, 0.2) is 29.5 Å². The second kappa shape index (κ2) is 11.1. The molecule has 0 aromatic carbocycles. The van der Waals surface area contributed by atoms with Crippen molar-refractivity contribution in [2.45, 2.75) is 31.7 Å². The molecule has 1 atom stereocenters. The molecule has 1 fully saturated rings. The molecule has 38 heavy (non-hydrogen) atoms. The van der Waals surface area contributed by atoms with E-state index < -0.39 is 44.0 Å². The number of pyridine rings is 1. The molecule has 12 nitrogen and oxygen atoms in total. The predicted octanol–water partition coefficient (Wildman–Crippen LogP) is 3.20. The molecule has 0 saturated carbocycles. The van der Waals surface area contributed by atoms with E-state index in [1.807, 2.05) is 6.92 Å². The van der Waals surface area contributed by atoms with Crippen LogP contribution in [-0.2, 0) is 4.79 Å². The number of amides is 1. The number of carbonyl (C=O) groups excluding carboxylic acids is 1. The number of anilines is 3. The van der Waals surface area contributed by atoms with Crippen LogP contribution in [0.1, 0.15) is 13.3 Å². The molecule has 3 aromatic rings. The molecule has 1 aliphatic heterocycles. The summed E-state index contributed by atoms with van der Waals surface area (Å²) < 4.78 is 56.5. The number of carbonyl (C=O) groups is 1. The van der Waals surface area contributed by atoms with Crippen LogP contribution in [0.25, 0.3) is 16.8 Å². The van der Waals surface area contributed by atoms with Crippen molar-refractivity contribution in [2.75, 3.05) is 48.7 Å². The summed E-state index contributed by atoms with van der Waals surface area (Å²) in [5.74, 6) is -3.80. The molecule has 1 aliphatic rings. The average molecular weight is 539 g/mol. The highest BCUT2D eigenvalue weighted by molar-refractivity contribution is 5.88. The molecule has 1 amide bonds. The molecule has 0 radical (unpaired) electrons. The van der Waals surface area contributed by atoms with Gasteiger partial charge in [-0.15, -0.1) is 5.10 Å². The van der Waals surface area contributed by atoms with Crippen LogP contribution < -0.4 is 16.0 Å². The topological polar surface area (TPSA) is 156 Å². The molecule has 5 N–H and O–H groups in total. The molecule has 1 saturated heterocycles. The number of hydrogen-bond donors (Lipinski definition) is 5. The molecule has 3 aromatic heterocycles. The summed E-state index contributed by atoms with van der Waals surface area (Å²) in [5, 5.41) is 24.9. The normalized spacial score (nSPS) is 17.0. The van der Waals surface area contributed by atoms with E-state index in [-0.39, 0.29) is 30.4 Å². The Labute approximate surface area is 214 Å². The van der Waals surface area contributed by atoms with E-state index in [9.17, 15) is 22.4 Å². The van der Waals surface area contributed by atoms with Gasteiger partial charge in [0.15, 0.2) is 11.6 Å². The number of rotatable bonds is 10. The van der Waals surface area contributed by atoms with Crippen molar-refractivity contribution < 1.29 is 27.5 Å². The van der Waals surface area contributed by atoms with Crippen molar-refractivity contribution in [3.8, 4) is 11.3 Å². The van der Waals surface area contributed by atoms with Crippen LogP contribution in [0.2, 0.25) is 0 Å². The molecule has 4 rings (SSSR count). The molecule has 0 spiro atoms. The average Bonchev–Trinajstić information content (AvgIpc) is 3.32. The maximum Gasteiger partial charge on any atom is 0.285 e. The first-order valence-electron chi connectivity index (χ1n) is 11.7. The van der Waals surface area contributed by atoms with Gasteiger partial charge in [0.1, 0.15) is 17.8 Å². The number of fused-ring (bicyclic) bond motifs is 1. The van der Waals surface area contributed by atoms with Gasteiger partial charge in [-0.1, -0.05) is 0 Å². The van der Waals surface area contributed by atoms with Crippen molar-refractivity contribution in [1.82, 2.24) is 24.5 Å². The van der Waals surface area contributed by atoms with Gasteiger partial charge in [0.2, 0.25) is 11.9 Å². The Hall–Kier alpha value is -4.08. The van der Waals surface area contributed by atoms with Gasteiger partial charge in [0.25, 0.3) is 12.3 Å². The Kier molecular flexibility index (Phi) is 7.89. The van der Waals surface area contributed by atoms with Crippen molar-refractivity contribution in [3.05, 3.63) is 24.4 Å². The first-order chi connectivity index (χ1) is 18.2. The van der Waals surface area contributed by atoms with Crippen LogP contribution >= 0.6 is 0 Å². The molecular formula is C22H26F4N10O2. The van der Waals surface area contributed by atoms with Gasteiger partial charge in [0, 0.05) is 24.8 Å². The molecule has 0 unspecified atom stereocenters. The molecule has 0 bridgehead atoms. The number of aliphatic hydroxyl groups excluding tert-OH is 1. The minimum absolute atomic E-state index is 0.00890. The number of likely N-dealkylation sites (tertiary alicyclic amines) is 1. The Bertz CT molecular complexity index is 1320. The molecule has 16 heteroatoms. The van der Waals surface area contributed by atoms with Gasteiger partial charge in [-0.05, 0) is 31.5 Å². The Morgan fingerprint density at radius 1 is 1.26 bits per heavy atom. The Balaban J connectivity index is 1.66. The van der Waals surface area contributed by atoms with Gasteiger partial charge in [-0.3, -0.25) is 4.79 Å². The van der Waals surface area contributed by atoms with Crippen molar-refractivity contribution in [1.29, 1.82) is 5.53 Å². The molecule has 4 heterocycles. The zero-order valence-electron chi connectivity index (χ0n) is 20.3. The number of nitrogens with one attached hydrogen (secondary N) is 4. The van der Waals surface area contributed by atoms with E-state index in [4.69, 9.17) is 10.6 Å². The highest BCUT2D eigenvalue weighted by Crippen LogP contribution is 2.34. The van der Waals surface area contributed by atoms with Crippen LogP contribution in [0.3, 0.4) is 0 Å². The number of halogens is 4. The minimum atomic E-state index is -3.29. The van der Waals surface area contributed by atoms with Gasteiger partial charge in [-0.25, -0.2) is 32.6 Å². The smallest absolute Gasteiger partial charge is 0.285 e. The highest BCUT2D eigenvalue weighted by atomic mass is 19.3. The summed E-state index contributed by atoms with van der Waals surface area (Å²) in [4.78, 5) is 21.3. The summed E-state index contributed by atoms with van der Waals surface area (Å²) >= 11 is 0. The molecule has 204 valence electrons. The Morgan fingerprint density at radius 2 is 2.05 bits per heavy atom. The predicted molar refractivity (Wildman–Crippen MR) is 130 cm³/mol. The van der Waals surface area contributed by atoms with Crippen LogP contribution in [0.4, 0.5) is 40.8 Å². The van der Waals surface area contributed by atoms with Gasteiger partial charge in [0.05, 0.1) is 24.8 Å². The van der Waals surface area contributed by atoms with Gasteiger partial charge in [-0.2, -0.15) is 10.1 Å². The molecule has 0 aliphatic carbocycles. The lowest BCUT2D eigenvalue weighted by Crippen LogP contribution is -2.56. The standard InChI is InChI=1S/C22H26F4N10O2/c1-2-28-20-18-12(13-3-4-14(33-27)19(30-13)29-9-16(23)24)5-8-36(18)34-21(32-20)31-15-6-7-35(17(38)10-37)11-22(15,25)26/h3-5,8,15-16,27,37H,2,6-7,9-11H2,1H3,(H,29,30)(H2,28,31,32,34)/t15-/m1/s1. The number of hydrogen-bond acceptors (Lipinski definition) is 10. The first-order valence-corrected chi connectivity index (χ1v) is 11.7. The lowest BCUT2D eigenvalue weighted by molar-refractivity contribution is -0.145. The molecular weight excluding hydrogens is 512 g/mol. The fourth-order valence-corrected chi connectivity index (χ4v) is 4.17. The van der Waals surface area contributed by atoms with Crippen molar-refractivity contribution >= 4 is 34.7 Å². The largest absolute Gasteiger partial charge is 0.387 e. The van der Waals surface area contributed by atoms with E-state index in [0.717, 1.165) is 4.90 Å². The second-order valence-electron chi connectivity index (χ2n) is 8.50. The number of aliphatic hydroxyl groups is 1. The number of nitrogens with zero attached hydrogens (tertiary/aromatic N) is 6. The fraction of sp³-hybridized carbons (Fsp3) is 0.455. The van der Waals surface area contributed by atoms with Crippen LogP contribution in [-0.4, -0.2) is 86.7 Å². The monoisotopic (exact) mass is 538 g/mol. The van der Waals surface area contributed by atoms with Gasteiger partial charge >= 0.3 is 0 Å². The van der Waals surface area contributed by atoms with E-state index in [0.29, 0.717) is 29.1 Å². The second-order valence-corrected chi connectivity index (χ2v) is 8.50. The van der Waals surface area contributed by atoms with E-state index in [2.05, 4.69) is 36.1 Å². The van der Waals surface area contributed by atoms with Crippen LogP contribution in [0.5, 0.6) is 0 Å². The quantitative estimate of drug-likeness (QED) is 0.195. The summed E-state index contributed by atoms with van der Waals surface area (Å²) in [6.45, 7) is -0.0420. The lowest BCUT2D eigenvalue weighted by Gasteiger charge is -2.38. The minimum Gasteiger partial charge on any atom is -0.387 e.